The molecule has 2 radical (unpaired) electrons. The molecule has 2 saturated heterocycles. The normalized spacial score (nSPS) is 57.9. The van der Waals surface area contributed by atoms with E-state index in [2.05, 4.69) is 20.8 Å². The van der Waals surface area contributed by atoms with Gasteiger partial charge in [0.1, 0.15) is 0 Å². The molecule has 0 amide bonds. The van der Waals surface area contributed by atoms with Gasteiger partial charge in [0.2, 0.25) is 0 Å². The molecule has 2 fully saturated rings. The van der Waals surface area contributed by atoms with Crippen molar-refractivity contribution in [2.75, 3.05) is 0 Å². The molecule has 66 valence electrons. The Hall–Kier alpha value is 0.544. The molecule has 2 heterocycles. The van der Waals surface area contributed by atoms with E-state index in [9.17, 15) is 0 Å². The van der Waals surface area contributed by atoms with E-state index in [0.29, 0.717) is 25.7 Å². The second-order valence-corrected chi connectivity index (χ2v) is 7.12. The Labute approximate surface area is 82.2 Å². The zero-order valence-corrected chi connectivity index (χ0v) is 9.62. The van der Waals surface area contributed by atoms with Gasteiger partial charge in [-0.2, -0.15) is 0 Å². The molecule has 3 heteroatoms. The van der Waals surface area contributed by atoms with Gasteiger partial charge in [0.15, 0.2) is 0 Å². The fourth-order valence-electron chi connectivity index (χ4n) is 2.70. The molecule has 1 unspecified atom stereocenters. The summed E-state index contributed by atoms with van der Waals surface area (Å²) in [5.74, 6) is 0.687. The predicted octanol–water partition coefficient (Wildman–Crippen LogP) is 1.61. The Bertz CT molecular complexity index is 199. The van der Waals surface area contributed by atoms with Gasteiger partial charge in [-0.25, -0.2) is 0 Å². The summed E-state index contributed by atoms with van der Waals surface area (Å²) < 4.78 is 5.91. The Morgan fingerprint density at radius 2 is 2.17 bits per heavy atom. The van der Waals surface area contributed by atoms with Crippen molar-refractivity contribution in [1.29, 1.82) is 0 Å². The van der Waals surface area contributed by atoms with Crippen LogP contribution in [0.2, 0.25) is 9.63 Å². The van der Waals surface area contributed by atoms with Gasteiger partial charge < -0.3 is 0 Å². The summed E-state index contributed by atoms with van der Waals surface area (Å²) in [5.41, 5.74) is 0.143. The minimum atomic E-state index is 0.0381. The first kappa shape index (κ1) is 9.11. The topological polar surface area (TPSA) is 9.23 Å². The van der Waals surface area contributed by atoms with Gasteiger partial charge in [-0.1, -0.05) is 0 Å². The minimum absolute atomic E-state index is 0.0381. The Morgan fingerprint density at radius 3 is 2.50 bits per heavy atom. The van der Waals surface area contributed by atoms with Crippen LogP contribution in [-0.4, -0.2) is 34.4 Å². The number of ether oxygens (including phenoxy) is 1. The molecule has 12 heavy (non-hydrogen) atoms. The van der Waals surface area contributed by atoms with Gasteiger partial charge in [0, 0.05) is 0 Å². The SMILES string of the molecule is [B][C@@H]1O[C@]2(CC)C(C)[C@@H]1[Se][C@@H]2C. The number of fused-ring (bicyclic) bond motifs is 2. The molecule has 2 aliphatic rings. The Kier molecular flexibility index (Phi) is 2.10. The molecule has 0 saturated carbocycles. The number of hydrogen-bond acceptors (Lipinski definition) is 1. The summed E-state index contributed by atoms with van der Waals surface area (Å²) in [6.45, 7) is 6.86. The average molecular weight is 229 g/mol. The first-order valence-corrected chi connectivity index (χ1v) is 6.68. The predicted molar refractivity (Wildman–Crippen MR) is 51.7 cm³/mol. The first-order valence-electron chi connectivity index (χ1n) is 4.70. The van der Waals surface area contributed by atoms with E-state index in [1.165, 1.54) is 0 Å². The molecule has 0 aliphatic carbocycles. The summed E-state index contributed by atoms with van der Waals surface area (Å²) in [4.78, 5) is 1.43. The van der Waals surface area contributed by atoms with Crippen LogP contribution < -0.4 is 0 Å². The zero-order chi connectivity index (χ0) is 8.93. The van der Waals surface area contributed by atoms with Crippen LogP contribution in [0.4, 0.5) is 0 Å². The van der Waals surface area contributed by atoms with E-state index in [-0.39, 0.29) is 11.6 Å². The van der Waals surface area contributed by atoms with Crippen LogP contribution in [0, 0.1) is 5.92 Å². The molecule has 0 aromatic heterocycles. The zero-order valence-electron chi connectivity index (χ0n) is 7.91. The number of hydrogen-bond donors (Lipinski definition) is 0. The first-order chi connectivity index (χ1) is 5.62. The van der Waals surface area contributed by atoms with E-state index in [4.69, 9.17) is 12.6 Å². The van der Waals surface area contributed by atoms with Crippen LogP contribution in [0.15, 0.2) is 0 Å². The molecule has 2 rings (SSSR count). The molecule has 1 nitrogen and oxygen atoms in total. The average Bonchev–Trinajstić information content (AvgIpc) is 2.41. The quantitative estimate of drug-likeness (QED) is 0.620. The van der Waals surface area contributed by atoms with E-state index in [1.807, 2.05) is 0 Å². The van der Waals surface area contributed by atoms with E-state index in [0.717, 1.165) is 11.2 Å². The van der Waals surface area contributed by atoms with Crippen molar-refractivity contribution in [1.82, 2.24) is 0 Å². The fraction of sp³-hybridized carbons (Fsp3) is 1.00. The van der Waals surface area contributed by atoms with E-state index < -0.39 is 0 Å². The second kappa shape index (κ2) is 2.77. The van der Waals surface area contributed by atoms with Crippen molar-refractivity contribution in [2.45, 2.75) is 48.4 Å². The summed E-state index contributed by atoms with van der Waals surface area (Å²) in [5, 5.41) is 0. The molecule has 2 bridgehead atoms. The summed E-state index contributed by atoms with van der Waals surface area (Å²) in [6, 6.07) is 0.0381. The Balaban J connectivity index is 2.30. The van der Waals surface area contributed by atoms with Crippen LogP contribution in [0.5, 0.6) is 0 Å². The molecule has 0 N–H and O–H groups in total. The third-order valence-corrected chi connectivity index (χ3v) is 7.32. The molecule has 0 aromatic rings. The third-order valence-electron chi connectivity index (χ3n) is 3.54. The van der Waals surface area contributed by atoms with Crippen molar-refractivity contribution in [3.8, 4) is 0 Å². The van der Waals surface area contributed by atoms with Gasteiger partial charge in [0.25, 0.3) is 0 Å². The summed E-state index contributed by atoms with van der Waals surface area (Å²) in [6.07, 6.45) is 1.13. The molecular weight excluding hydrogens is 214 g/mol. The maximum absolute atomic E-state index is 5.93. The van der Waals surface area contributed by atoms with E-state index >= 15 is 0 Å². The van der Waals surface area contributed by atoms with Gasteiger partial charge in [-0.15, -0.1) is 0 Å². The maximum atomic E-state index is 5.93. The molecular formula is C9H15BOSe. The van der Waals surface area contributed by atoms with Crippen LogP contribution >= 0.6 is 0 Å². The van der Waals surface area contributed by atoms with Crippen LogP contribution in [0.25, 0.3) is 0 Å². The second-order valence-electron chi connectivity index (χ2n) is 3.92. The van der Waals surface area contributed by atoms with Crippen molar-refractivity contribution in [3.63, 3.8) is 0 Å². The van der Waals surface area contributed by atoms with Crippen molar-refractivity contribution >= 4 is 22.8 Å². The monoisotopic (exact) mass is 230 g/mol. The van der Waals surface area contributed by atoms with Gasteiger partial charge in [-0.3, -0.25) is 0 Å². The van der Waals surface area contributed by atoms with Crippen molar-refractivity contribution in [3.05, 3.63) is 0 Å². The van der Waals surface area contributed by atoms with Gasteiger partial charge >= 0.3 is 81.9 Å². The standard InChI is InChI=1S/C9H15BOSe/c1-4-9-5(2)7(8(10)11-9)12-6(9)3/h5-8H,4H2,1-3H3/t5?,6-,7+,8-,9-/m1/s1. The summed E-state index contributed by atoms with van der Waals surface area (Å²) in [7, 11) is 5.93. The van der Waals surface area contributed by atoms with Crippen LogP contribution in [0.1, 0.15) is 27.2 Å². The van der Waals surface area contributed by atoms with Gasteiger partial charge in [0.05, 0.1) is 0 Å². The Morgan fingerprint density at radius 1 is 1.50 bits per heavy atom. The molecule has 0 spiro atoms. The number of rotatable bonds is 1. The molecule has 5 atom stereocenters. The van der Waals surface area contributed by atoms with Gasteiger partial charge in [-0.05, 0) is 0 Å². The van der Waals surface area contributed by atoms with Crippen LogP contribution in [0.3, 0.4) is 0 Å². The fourth-order valence-corrected chi connectivity index (χ4v) is 6.50. The van der Waals surface area contributed by atoms with E-state index in [1.54, 1.807) is 0 Å². The summed E-state index contributed by atoms with van der Waals surface area (Å²) >= 11 is 0.701. The van der Waals surface area contributed by atoms with Crippen molar-refractivity contribution < 1.29 is 4.74 Å². The molecule has 0 aromatic carbocycles. The molecule has 2 aliphatic heterocycles. The van der Waals surface area contributed by atoms with Crippen molar-refractivity contribution in [2.24, 2.45) is 5.92 Å². The van der Waals surface area contributed by atoms with Crippen LogP contribution in [-0.2, 0) is 4.74 Å². The third kappa shape index (κ3) is 0.907.